The van der Waals surface area contributed by atoms with Crippen LogP contribution in [-0.4, -0.2) is 83.3 Å². The molecule has 0 bridgehead atoms. The molecule has 2 aliphatic rings. The number of rotatable bonds is 8. The lowest BCUT2D eigenvalue weighted by atomic mass is 10.0. The van der Waals surface area contributed by atoms with E-state index in [1.807, 2.05) is 0 Å². The van der Waals surface area contributed by atoms with Crippen molar-refractivity contribution in [2.75, 3.05) is 24.3 Å². The quantitative estimate of drug-likeness (QED) is 0.184. The number of thioether (sulfide) groups is 2. The lowest BCUT2D eigenvalue weighted by Gasteiger charge is -2.49. The van der Waals surface area contributed by atoms with E-state index in [9.17, 15) is 19.5 Å². The fourth-order valence-corrected chi connectivity index (χ4v) is 6.17. The molecule has 2 aromatic rings. The second kappa shape index (κ2) is 9.40. The molecule has 0 saturated carbocycles. The van der Waals surface area contributed by atoms with Crippen LogP contribution in [0.2, 0.25) is 0 Å². The minimum Gasteiger partial charge on any atom is -0.477 e. The van der Waals surface area contributed by atoms with E-state index in [-0.39, 0.29) is 22.2 Å². The molecule has 2 amide bonds. The van der Waals surface area contributed by atoms with Crippen LogP contribution in [0, 0.1) is 0 Å². The number of fused-ring (bicyclic) bond motifs is 1. The van der Waals surface area contributed by atoms with E-state index in [1.54, 1.807) is 23.3 Å². The van der Waals surface area contributed by atoms with Crippen LogP contribution in [-0.2, 0) is 26.3 Å². The molecule has 1 fully saturated rings. The number of aromatic nitrogens is 4. The van der Waals surface area contributed by atoms with E-state index >= 15 is 0 Å². The highest BCUT2D eigenvalue weighted by Crippen LogP contribution is 2.41. The first-order valence-electron chi connectivity index (χ1n) is 9.32. The second-order valence-corrected chi connectivity index (χ2v) is 9.76. The van der Waals surface area contributed by atoms with Crippen LogP contribution >= 0.6 is 34.9 Å². The van der Waals surface area contributed by atoms with E-state index < -0.39 is 29.2 Å². The second-order valence-electron chi connectivity index (χ2n) is 6.82. The maximum atomic E-state index is 12.9. The number of hydrogen-bond acceptors (Lipinski definition) is 12. The molecule has 0 aromatic carbocycles. The molecule has 0 spiro atoms. The van der Waals surface area contributed by atoms with Crippen molar-refractivity contribution in [3.63, 3.8) is 0 Å². The van der Waals surface area contributed by atoms with Crippen LogP contribution in [0.3, 0.4) is 0 Å². The molecule has 13 nitrogen and oxygen atoms in total. The summed E-state index contributed by atoms with van der Waals surface area (Å²) in [5.41, 5.74) is 6.23. The van der Waals surface area contributed by atoms with Gasteiger partial charge < -0.3 is 25.6 Å². The molecule has 0 radical (unpaired) electrons. The number of oxime groups is 1. The van der Waals surface area contributed by atoms with Crippen LogP contribution in [0.25, 0.3) is 0 Å². The maximum Gasteiger partial charge on any atom is 0.352 e. The van der Waals surface area contributed by atoms with Gasteiger partial charge in [0.05, 0.1) is 0 Å². The number of anilines is 1. The minimum absolute atomic E-state index is 0.0676. The third kappa shape index (κ3) is 4.40. The Kier molecular flexibility index (Phi) is 6.57. The van der Waals surface area contributed by atoms with Crippen molar-refractivity contribution in [3.8, 4) is 0 Å². The van der Waals surface area contributed by atoms with Gasteiger partial charge >= 0.3 is 5.97 Å². The highest BCUT2D eigenvalue weighted by molar-refractivity contribution is 8.01. The molecule has 4 heterocycles. The SMILES string of the molecule is CON=C(C(=O)NC1C(=O)N2C(C(=O)O)=C(CSc3nncn3C)CS[C@H]12)c1csc(N)n1. The summed E-state index contributed by atoms with van der Waals surface area (Å²) in [5, 5.41) is 25.7. The maximum absolute atomic E-state index is 12.9. The molecule has 33 heavy (non-hydrogen) atoms. The molecule has 2 aromatic heterocycles. The molecular formula is C17H18N8O5S3. The normalized spacial score (nSPS) is 20.4. The van der Waals surface area contributed by atoms with Gasteiger partial charge in [0.15, 0.2) is 16.0 Å². The van der Waals surface area contributed by atoms with Gasteiger partial charge in [0.25, 0.3) is 11.8 Å². The number of hydrogen-bond donors (Lipinski definition) is 3. The number of carbonyl (C=O) groups is 3. The molecule has 4 N–H and O–H groups in total. The third-order valence-electron chi connectivity index (χ3n) is 4.74. The third-order valence-corrected chi connectivity index (χ3v) is 7.88. The van der Waals surface area contributed by atoms with Gasteiger partial charge in [0, 0.05) is 23.9 Å². The predicted octanol–water partition coefficient (Wildman–Crippen LogP) is -0.265. The van der Waals surface area contributed by atoms with Gasteiger partial charge in [-0.15, -0.1) is 33.3 Å². The van der Waals surface area contributed by atoms with Gasteiger partial charge in [-0.1, -0.05) is 16.9 Å². The van der Waals surface area contributed by atoms with E-state index in [2.05, 4.69) is 25.7 Å². The summed E-state index contributed by atoms with van der Waals surface area (Å²) in [7, 11) is 3.06. The molecular weight excluding hydrogens is 492 g/mol. The van der Waals surface area contributed by atoms with Crippen molar-refractivity contribution >= 4 is 63.5 Å². The van der Waals surface area contributed by atoms with Gasteiger partial charge in [-0.3, -0.25) is 14.5 Å². The molecule has 16 heteroatoms. The average Bonchev–Trinajstić information content (AvgIpc) is 3.40. The number of nitrogens with zero attached hydrogens (tertiary/aromatic N) is 6. The topological polar surface area (TPSA) is 178 Å². The van der Waals surface area contributed by atoms with E-state index in [0.717, 1.165) is 11.3 Å². The molecule has 1 saturated heterocycles. The zero-order chi connectivity index (χ0) is 23.7. The zero-order valence-electron chi connectivity index (χ0n) is 17.3. The number of aryl methyl sites for hydroxylation is 1. The first-order valence-corrected chi connectivity index (χ1v) is 12.2. The number of carboxylic acids is 1. The number of nitrogens with one attached hydrogen (secondary N) is 1. The number of β-lactam (4-membered cyclic amide) rings is 1. The van der Waals surface area contributed by atoms with Gasteiger partial charge in [0.2, 0.25) is 0 Å². The van der Waals surface area contributed by atoms with Crippen molar-refractivity contribution in [3.05, 3.63) is 28.7 Å². The first-order chi connectivity index (χ1) is 15.8. The Morgan fingerprint density at radius 3 is 2.88 bits per heavy atom. The zero-order valence-corrected chi connectivity index (χ0v) is 19.7. The lowest BCUT2D eigenvalue weighted by Crippen LogP contribution is -2.71. The van der Waals surface area contributed by atoms with Crippen molar-refractivity contribution in [1.82, 2.24) is 30.0 Å². The van der Waals surface area contributed by atoms with E-state index in [4.69, 9.17) is 10.6 Å². The Balaban J connectivity index is 1.49. The molecule has 2 atom stereocenters. The Hall–Kier alpha value is -3.11. The molecule has 0 aliphatic carbocycles. The highest BCUT2D eigenvalue weighted by Gasteiger charge is 2.54. The van der Waals surface area contributed by atoms with Crippen molar-refractivity contribution in [1.29, 1.82) is 0 Å². The summed E-state index contributed by atoms with van der Waals surface area (Å²) in [5.74, 6) is -1.68. The van der Waals surface area contributed by atoms with Gasteiger partial charge in [-0.2, -0.15) is 0 Å². The van der Waals surface area contributed by atoms with Gasteiger partial charge in [-0.05, 0) is 5.57 Å². The lowest BCUT2D eigenvalue weighted by molar-refractivity contribution is -0.150. The summed E-state index contributed by atoms with van der Waals surface area (Å²) in [4.78, 5) is 47.6. The Labute approximate surface area is 199 Å². The molecule has 1 unspecified atom stereocenters. The van der Waals surface area contributed by atoms with Crippen LogP contribution < -0.4 is 11.1 Å². The largest absolute Gasteiger partial charge is 0.477 e. The summed E-state index contributed by atoms with van der Waals surface area (Å²) >= 11 is 3.83. The van der Waals surface area contributed by atoms with Gasteiger partial charge in [0.1, 0.15) is 36.2 Å². The van der Waals surface area contributed by atoms with Crippen molar-refractivity contribution in [2.24, 2.45) is 12.2 Å². The van der Waals surface area contributed by atoms with E-state index in [1.165, 1.54) is 35.5 Å². The van der Waals surface area contributed by atoms with Crippen LogP contribution in [0.15, 0.2) is 33.3 Å². The molecule has 4 rings (SSSR count). The highest BCUT2D eigenvalue weighted by atomic mass is 32.2. The fraction of sp³-hybridized carbons (Fsp3) is 0.353. The standard InChI is InChI=1S/C17H18N8O5S3/c1-24-6-19-22-17(24)33-4-7-3-31-14-10(13(27)25(14)11(7)15(28)29)21-12(26)9(23-30-2)8-5-32-16(18)20-8/h5-6,10,14H,3-4H2,1-2H3,(H2,18,20)(H,21,26)(H,28,29)/t10?,14-/m1/s1. The van der Waals surface area contributed by atoms with E-state index in [0.29, 0.717) is 22.2 Å². The molecule has 174 valence electrons. The van der Waals surface area contributed by atoms with Crippen molar-refractivity contribution in [2.45, 2.75) is 16.6 Å². The first kappa shape index (κ1) is 23.1. The number of aliphatic carboxylic acids is 1. The number of amides is 2. The Bertz CT molecular complexity index is 1180. The summed E-state index contributed by atoms with van der Waals surface area (Å²) in [6, 6.07) is -0.914. The Morgan fingerprint density at radius 2 is 2.27 bits per heavy atom. The number of nitrogen functional groups attached to an aromatic ring is 1. The smallest absolute Gasteiger partial charge is 0.352 e. The Morgan fingerprint density at radius 1 is 1.48 bits per heavy atom. The number of nitrogens with two attached hydrogens (primary N) is 1. The number of thiazole rings is 1. The minimum atomic E-state index is -1.20. The van der Waals surface area contributed by atoms with Crippen LogP contribution in [0.1, 0.15) is 5.69 Å². The monoisotopic (exact) mass is 510 g/mol. The summed E-state index contributed by atoms with van der Waals surface area (Å²) in [6.07, 6.45) is 1.55. The number of carboxylic acid groups (broad SMARTS) is 1. The molecule has 2 aliphatic heterocycles. The van der Waals surface area contributed by atoms with Crippen molar-refractivity contribution < 1.29 is 24.3 Å². The fourth-order valence-electron chi connectivity index (χ4n) is 3.25. The predicted molar refractivity (Wildman–Crippen MR) is 121 cm³/mol. The van der Waals surface area contributed by atoms with Crippen LogP contribution in [0.5, 0.6) is 0 Å². The van der Waals surface area contributed by atoms with Crippen LogP contribution in [0.4, 0.5) is 5.13 Å². The number of carbonyl (C=O) groups excluding carboxylic acids is 2. The summed E-state index contributed by atoms with van der Waals surface area (Å²) in [6.45, 7) is 0. The average molecular weight is 511 g/mol. The summed E-state index contributed by atoms with van der Waals surface area (Å²) < 4.78 is 1.72. The van der Waals surface area contributed by atoms with Gasteiger partial charge in [-0.25, -0.2) is 9.78 Å².